The van der Waals surface area contributed by atoms with Gasteiger partial charge in [0.2, 0.25) is 0 Å². The standard InChI is InChI=1S/C30H52O4/c1-18(2)10-9-13-30(8,34)19-11-15-28(6)24(19)20(31)16-22-27(5)14-12-23(33)26(3,4)25(27)21(32)17-29(22,28)7/h10,19-25,31-34H,9,11-17H2,1-8H3/t19-,20?,21?,22-,23?,24+,25+,27+,28+,29+,30-/m1/s1. The third kappa shape index (κ3) is 3.60. The van der Waals surface area contributed by atoms with Crippen molar-refractivity contribution in [1.29, 1.82) is 0 Å². The van der Waals surface area contributed by atoms with Crippen LogP contribution in [0, 0.1) is 45.3 Å². The van der Waals surface area contributed by atoms with E-state index in [1.54, 1.807) is 0 Å². The van der Waals surface area contributed by atoms with E-state index in [0.717, 1.165) is 51.4 Å². The molecule has 0 aromatic rings. The lowest BCUT2D eigenvalue weighted by atomic mass is 9.34. The minimum atomic E-state index is -0.810. The van der Waals surface area contributed by atoms with Crippen LogP contribution < -0.4 is 0 Å². The van der Waals surface area contributed by atoms with Gasteiger partial charge < -0.3 is 20.4 Å². The van der Waals surface area contributed by atoms with Crippen LogP contribution in [0.15, 0.2) is 11.6 Å². The van der Waals surface area contributed by atoms with Crippen molar-refractivity contribution in [2.75, 3.05) is 0 Å². The van der Waals surface area contributed by atoms with Crippen LogP contribution in [0.3, 0.4) is 0 Å². The fourth-order valence-corrected chi connectivity index (χ4v) is 10.5. The summed E-state index contributed by atoms with van der Waals surface area (Å²) in [4.78, 5) is 0. The average Bonchev–Trinajstić information content (AvgIpc) is 3.07. The zero-order valence-electron chi connectivity index (χ0n) is 23.1. The molecule has 4 saturated carbocycles. The van der Waals surface area contributed by atoms with Gasteiger partial charge in [-0.05, 0) is 117 Å². The predicted molar refractivity (Wildman–Crippen MR) is 137 cm³/mol. The monoisotopic (exact) mass is 476 g/mol. The van der Waals surface area contributed by atoms with E-state index in [4.69, 9.17) is 0 Å². The van der Waals surface area contributed by atoms with Gasteiger partial charge in [-0.15, -0.1) is 0 Å². The van der Waals surface area contributed by atoms with Crippen molar-refractivity contribution < 1.29 is 20.4 Å². The van der Waals surface area contributed by atoms with Crippen molar-refractivity contribution in [3.63, 3.8) is 0 Å². The van der Waals surface area contributed by atoms with Crippen molar-refractivity contribution in [2.45, 2.75) is 131 Å². The molecule has 0 radical (unpaired) electrons. The molecule has 0 bridgehead atoms. The first-order chi connectivity index (χ1) is 15.5. The van der Waals surface area contributed by atoms with Crippen LogP contribution in [0.25, 0.3) is 0 Å². The normalized spacial score (nSPS) is 51.6. The van der Waals surface area contributed by atoms with E-state index in [9.17, 15) is 20.4 Å². The summed E-state index contributed by atoms with van der Waals surface area (Å²) in [7, 11) is 0. The Hall–Kier alpha value is -0.420. The fraction of sp³-hybridized carbons (Fsp3) is 0.933. The van der Waals surface area contributed by atoms with Gasteiger partial charge in [-0.3, -0.25) is 0 Å². The highest BCUT2D eigenvalue weighted by molar-refractivity contribution is 5.21. The third-order valence-corrected chi connectivity index (χ3v) is 12.3. The van der Waals surface area contributed by atoms with Crippen molar-refractivity contribution in [1.82, 2.24) is 0 Å². The van der Waals surface area contributed by atoms with Crippen molar-refractivity contribution in [3.05, 3.63) is 11.6 Å². The molecule has 4 aliphatic carbocycles. The number of aliphatic hydroxyl groups is 4. The first-order valence-electron chi connectivity index (χ1n) is 13.9. The molecule has 0 spiro atoms. The van der Waals surface area contributed by atoms with E-state index in [-0.39, 0.29) is 39.4 Å². The van der Waals surface area contributed by atoms with Gasteiger partial charge in [0.1, 0.15) is 0 Å². The van der Waals surface area contributed by atoms with E-state index in [1.807, 2.05) is 6.92 Å². The van der Waals surface area contributed by atoms with Gasteiger partial charge in [0.25, 0.3) is 0 Å². The van der Waals surface area contributed by atoms with Crippen LogP contribution in [0.5, 0.6) is 0 Å². The zero-order chi connectivity index (χ0) is 25.5. The van der Waals surface area contributed by atoms with Crippen LogP contribution in [-0.2, 0) is 0 Å². The summed E-state index contributed by atoms with van der Waals surface area (Å²) in [5.41, 5.74) is -0.230. The molecule has 4 N–H and O–H groups in total. The maximum atomic E-state index is 11.8. The fourth-order valence-electron chi connectivity index (χ4n) is 10.5. The molecule has 4 aliphatic rings. The lowest BCUT2D eigenvalue weighted by molar-refractivity contribution is -0.274. The van der Waals surface area contributed by atoms with Crippen molar-refractivity contribution >= 4 is 0 Å². The molecule has 11 atom stereocenters. The molecule has 4 heteroatoms. The largest absolute Gasteiger partial charge is 0.393 e. The topological polar surface area (TPSA) is 80.9 Å². The molecule has 4 fully saturated rings. The van der Waals surface area contributed by atoms with Crippen molar-refractivity contribution in [3.8, 4) is 0 Å². The highest BCUT2D eigenvalue weighted by Crippen LogP contribution is 2.75. The van der Waals surface area contributed by atoms with Gasteiger partial charge in [0.05, 0.1) is 23.9 Å². The SMILES string of the molecule is CC(C)=CCC[C@@](C)(O)[C@@H]1CC[C@@]2(C)[C@@H]1C(O)C[C@@H]1[C@]3(C)CCC(O)C(C)(C)[C@@H]3C(O)C[C@@]12C. The van der Waals surface area contributed by atoms with Crippen LogP contribution in [0.4, 0.5) is 0 Å². The molecule has 0 saturated heterocycles. The first kappa shape index (κ1) is 26.6. The average molecular weight is 477 g/mol. The van der Waals surface area contributed by atoms with Gasteiger partial charge in [-0.25, -0.2) is 0 Å². The Balaban J connectivity index is 1.70. The van der Waals surface area contributed by atoms with Gasteiger partial charge in [0.15, 0.2) is 0 Å². The maximum Gasteiger partial charge on any atom is 0.0654 e. The molecule has 34 heavy (non-hydrogen) atoms. The molecular formula is C30H52O4. The summed E-state index contributed by atoms with van der Waals surface area (Å²) in [5.74, 6) is 0.442. The maximum absolute atomic E-state index is 11.8. The summed E-state index contributed by atoms with van der Waals surface area (Å²) >= 11 is 0. The Bertz CT molecular complexity index is 813. The lowest BCUT2D eigenvalue weighted by Crippen LogP contribution is -2.69. The van der Waals surface area contributed by atoms with Crippen LogP contribution >= 0.6 is 0 Å². The molecule has 196 valence electrons. The van der Waals surface area contributed by atoms with Crippen LogP contribution in [0.1, 0.15) is 107 Å². The van der Waals surface area contributed by atoms with E-state index in [2.05, 4.69) is 54.5 Å². The summed E-state index contributed by atoms with van der Waals surface area (Å²) in [6.45, 7) is 17.5. The number of allylic oxidation sites excluding steroid dienone is 2. The molecule has 4 nitrogen and oxygen atoms in total. The molecule has 3 unspecified atom stereocenters. The second-order valence-corrected chi connectivity index (χ2v) is 14.7. The van der Waals surface area contributed by atoms with E-state index in [0.29, 0.717) is 5.92 Å². The minimum absolute atomic E-state index is 0.0264. The summed E-state index contributed by atoms with van der Waals surface area (Å²) in [6.07, 6.45) is 7.54. The number of aliphatic hydroxyl groups excluding tert-OH is 3. The smallest absolute Gasteiger partial charge is 0.0654 e. The Morgan fingerprint density at radius 3 is 2.21 bits per heavy atom. The highest BCUT2D eigenvalue weighted by Gasteiger charge is 2.72. The Morgan fingerprint density at radius 1 is 0.941 bits per heavy atom. The highest BCUT2D eigenvalue weighted by atomic mass is 16.3. The van der Waals surface area contributed by atoms with Crippen molar-refractivity contribution in [2.24, 2.45) is 45.3 Å². The lowest BCUT2D eigenvalue weighted by Gasteiger charge is -2.71. The third-order valence-electron chi connectivity index (χ3n) is 12.3. The Kier molecular flexibility index (Phi) is 6.50. The number of hydrogen-bond acceptors (Lipinski definition) is 4. The van der Waals surface area contributed by atoms with Crippen LogP contribution in [0.2, 0.25) is 0 Å². The quantitative estimate of drug-likeness (QED) is 0.406. The second kappa shape index (κ2) is 8.30. The van der Waals surface area contributed by atoms with Gasteiger partial charge >= 0.3 is 0 Å². The summed E-state index contributed by atoms with van der Waals surface area (Å²) in [6, 6.07) is 0. The molecular weight excluding hydrogens is 424 g/mol. The minimum Gasteiger partial charge on any atom is -0.393 e. The zero-order valence-corrected chi connectivity index (χ0v) is 23.1. The Morgan fingerprint density at radius 2 is 1.59 bits per heavy atom. The number of rotatable bonds is 4. The number of hydrogen-bond donors (Lipinski definition) is 4. The van der Waals surface area contributed by atoms with E-state index in [1.165, 1.54) is 5.57 Å². The number of fused-ring (bicyclic) bond motifs is 5. The Labute approximate surface area is 208 Å². The van der Waals surface area contributed by atoms with Gasteiger partial charge in [-0.2, -0.15) is 0 Å². The van der Waals surface area contributed by atoms with E-state index >= 15 is 0 Å². The molecule has 0 aromatic carbocycles. The molecule has 0 heterocycles. The second-order valence-electron chi connectivity index (χ2n) is 14.7. The summed E-state index contributed by atoms with van der Waals surface area (Å²) in [5, 5.41) is 46.0. The van der Waals surface area contributed by atoms with E-state index < -0.39 is 23.9 Å². The van der Waals surface area contributed by atoms with Gasteiger partial charge in [-0.1, -0.05) is 46.3 Å². The molecule has 0 aromatic heterocycles. The first-order valence-corrected chi connectivity index (χ1v) is 13.9. The van der Waals surface area contributed by atoms with Gasteiger partial charge in [0, 0.05) is 0 Å². The molecule has 4 rings (SSSR count). The van der Waals surface area contributed by atoms with Crippen LogP contribution in [-0.4, -0.2) is 44.3 Å². The predicted octanol–water partition coefficient (Wildman–Crippen LogP) is 5.47. The molecule has 0 aliphatic heterocycles. The molecule has 0 amide bonds. The summed E-state index contributed by atoms with van der Waals surface area (Å²) < 4.78 is 0.